The smallest absolute Gasteiger partial charge is 0.279 e. The molecule has 2 fully saturated rings. The highest BCUT2D eigenvalue weighted by Gasteiger charge is 2.37. The monoisotopic (exact) mass is 342 g/mol. The lowest BCUT2D eigenvalue weighted by Crippen LogP contribution is -2.48. The summed E-state index contributed by atoms with van der Waals surface area (Å²) in [7, 11) is -1.55. The van der Waals surface area contributed by atoms with Crippen LogP contribution in [0.1, 0.15) is 48.7 Å². The predicted molar refractivity (Wildman–Crippen MR) is 87.3 cm³/mol. The molecule has 3 rings (SSSR count). The van der Waals surface area contributed by atoms with Gasteiger partial charge in [-0.05, 0) is 33.1 Å². The average molecular weight is 342 g/mol. The van der Waals surface area contributed by atoms with Crippen molar-refractivity contribution in [2.24, 2.45) is 7.05 Å². The molecule has 0 saturated carbocycles. The zero-order chi connectivity index (χ0) is 16.6. The molecule has 0 bridgehead atoms. The molecule has 3 heterocycles. The van der Waals surface area contributed by atoms with Crippen molar-refractivity contribution < 1.29 is 13.2 Å². The van der Waals surface area contributed by atoms with Gasteiger partial charge in [0.05, 0.1) is 11.7 Å². The number of aromatic nitrogens is 2. The van der Waals surface area contributed by atoms with Crippen LogP contribution < -0.4 is 4.72 Å². The number of nitrogens with one attached hydrogen (secondary N) is 1. The van der Waals surface area contributed by atoms with Crippen molar-refractivity contribution >= 4 is 10.2 Å². The van der Waals surface area contributed by atoms with Crippen molar-refractivity contribution in [1.29, 1.82) is 0 Å². The van der Waals surface area contributed by atoms with E-state index >= 15 is 0 Å². The van der Waals surface area contributed by atoms with E-state index in [9.17, 15) is 8.42 Å². The fourth-order valence-electron chi connectivity index (χ4n) is 3.57. The third kappa shape index (κ3) is 3.31. The largest absolute Gasteiger partial charge is 0.372 e. The highest BCUT2D eigenvalue weighted by atomic mass is 32.2. The lowest BCUT2D eigenvalue weighted by molar-refractivity contribution is 0.101. The quantitative estimate of drug-likeness (QED) is 0.892. The molecule has 0 aromatic carbocycles. The fourth-order valence-corrected chi connectivity index (χ4v) is 5.08. The number of piperidine rings is 1. The summed E-state index contributed by atoms with van der Waals surface area (Å²) in [6.07, 6.45) is 3.41. The summed E-state index contributed by atoms with van der Waals surface area (Å²) < 4.78 is 37.4. The van der Waals surface area contributed by atoms with Crippen molar-refractivity contribution in [3.63, 3.8) is 0 Å². The third-order valence-corrected chi connectivity index (χ3v) is 6.54. The molecule has 8 heteroatoms. The second-order valence-corrected chi connectivity index (χ2v) is 8.18. The lowest BCUT2D eigenvalue weighted by Gasteiger charge is -2.29. The van der Waals surface area contributed by atoms with Gasteiger partial charge in [-0.15, -0.1) is 0 Å². The predicted octanol–water partition coefficient (Wildman–Crippen LogP) is 1.19. The molecule has 2 saturated heterocycles. The van der Waals surface area contributed by atoms with Crippen LogP contribution in [-0.4, -0.2) is 48.2 Å². The van der Waals surface area contributed by atoms with Gasteiger partial charge in [0.1, 0.15) is 6.10 Å². The molecule has 1 N–H and O–H groups in total. The van der Waals surface area contributed by atoms with E-state index in [4.69, 9.17) is 4.74 Å². The van der Waals surface area contributed by atoms with Crippen LogP contribution in [0, 0.1) is 13.8 Å². The Labute approximate surface area is 138 Å². The first kappa shape index (κ1) is 16.9. The molecule has 130 valence electrons. The molecule has 0 amide bonds. The van der Waals surface area contributed by atoms with Gasteiger partial charge in [0.2, 0.25) is 0 Å². The lowest BCUT2D eigenvalue weighted by atomic mass is 10.0. The summed E-state index contributed by atoms with van der Waals surface area (Å²) in [5.41, 5.74) is 2.94. The standard InChI is InChI=1S/C15H26N4O3S/c1-11-14(12(2)18(3)16-11)15-13(7-10-22-15)17-23(20,21)19-8-5-4-6-9-19/h13,15,17H,4-10H2,1-3H3/t13-,15-/m1/s1. The van der Waals surface area contributed by atoms with Crippen LogP contribution in [0.4, 0.5) is 0 Å². The minimum absolute atomic E-state index is 0.233. The molecular weight excluding hydrogens is 316 g/mol. The summed E-state index contributed by atoms with van der Waals surface area (Å²) in [5.74, 6) is 0. The van der Waals surface area contributed by atoms with Crippen molar-refractivity contribution in [1.82, 2.24) is 18.8 Å². The molecule has 0 spiro atoms. The minimum Gasteiger partial charge on any atom is -0.372 e. The molecule has 1 aromatic heterocycles. The number of nitrogens with zero attached hydrogens (tertiary/aromatic N) is 3. The molecular formula is C15H26N4O3S. The van der Waals surface area contributed by atoms with E-state index in [1.165, 1.54) is 0 Å². The molecule has 2 atom stereocenters. The molecule has 1 aromatic rings. The van der Waals surface area contributed by atoms with Gasteiger partial charge in [0.25, 0.3) is 10.2 Å². The van der Waals surface area contributed by atoms with Crippen LogP contribution >= 0.6 is 0 Å². The van der Waals surface area contributed by atoms with Crippen LogP contribution in [0.3, 0.4) is 0 Å². The van der Waals surface area contributed by atoms with Gasteiger partial charge in [-0.2, -0.15) is 22.5 Å². The Morgan fingerprint density at radius 3 is 2.52 bits per heavy atom. The summed E-state index contributed by atoms with van der Waals surface area (Å²) in [4.78, 5) is 0. The Morgan fingerprint density at radius 1 is 1.22 bits per heavy atom. The molecule has 0 unspecified atom stereocenters. The van der Waals surface area contributed by atoms with E-state index in [-0.39, 0.29) is 12.1 Å². The van der Waals surface area contributed by atoms with Crippen LogP contribution in [0.25, 0.3) is 0 Å². The number of hydrogen-bond acceptors (Lipinski definition) is 4. The summed E-state index contributed by atoms with van der Waals surface area (Å²) in [5, 5.41) is 4.42. The molecule has 2 aliphatic rings. The van der Waals surface area contributed by atoms with Gasteiger partial charge in [-0.25, -0.2) is 0 Å². The minimum atomic E-state index is -3.45. The van der Waals surface area contributed by atoms with E-state index in [1.807, 2.05) is 25.6 Å². The van der Waals surface area contributed by atoms with E-state index < -0.39 is 10.2 Å². The zero-order valence-electron chi connectivity index (χ0n) is 14.1. The number of aryl methyl sites for hydroxylation is 2. The normalized spacial score (nSPS) is 26.7. The van der Waals surface area contributed by atoms with Crippen LogP contribution in [0.5, 0.6) is 0 Å². The summed E-state index contributed by atoms with van der Waals surface area (Å²) in [6, 6.07) is -0.233. The SMILES string of the molecule is Cc1nn(C)c(C)c1[C@@H]1OCC[C@H]1NS(=O)(=O)N1CCCCC1. The van der Waals surface area contributed by atoms with Gasteiger partial charge < -0.3 is 4.74 Å². The first-order valence-corrected chi connectivity index (χ1v) is 9.73. The van der Waals surface area contributed by atoms with E-state index in [2.05, 4.69) is 9.82 Å². The highest BCUT2D eigenvalue weighted by Crippen LogP contribution is 2.33. The fraction of sp³-hybridized carbons (Fsp3) is 0.800. The topological polar surface area (TPSA) is 76.5 Å². The molecule has 7 nitrogen and oxygen atoms in total. The van der Waals surface area contributed by atoms with Gasteiger partial charge in [-0.3, -0.25) is 4.68 Å². The third-order valence-electron chi connectivity index (χ3n) is 4.90. The second-order valence-electron chi connectivity index (χ2n) is 6.48. The van der Waals surface area contributed by atoms with Gasteiger partial charge in [-0.1, -0.05) is 6.42 Å². The number of hydrogen-bond donors (Lipinski definition) is 1. The van der Waals surface area contributed by atoms with E-state index in [1.54, 1.807) is 4.31 Å². The van der Waals surface area contributed by atoms with Crippen molar-refractivity contribution in [2.75, 3.05) is 19.7 Å². The maximum Gasteiger partial charge on any atom is 0.279 e. The maximum atomic E-state index is 12.6. The van der Waals surface area contributed by atoms with Crippen molar-refractivity contribution in [3.8, 4) is 0 Å². The average Bonchev–Trinajstić information content (AvgIpc) is 3.04. The first-order chi connectivity index (χ1) is 10.9. The van der Waals surface area contributed by atoms with Crippen LogP contribution in [-0.2, 0) is 22.0 Å². The van der Waals surface area contributed by atoms with E-state index in [0.717, 1.165) is 36.2 Å². The number of ether oxygens (including phenoxy) is 1. The van der Waals surface area contributed by atoms with Gasteiger partial charge >= 0.3 is 0 Å². The Hall–Kier alpha value is -0.960. The Balaban J connectivity index is 1.79. The first-order valence-electron chi connectivity index (χ1n) is 8.29. The van der Waals surface area contributed by atoms with Crippen LogP contribution in [0.2, 0.25) is 0 Å². The van der Waals surface area contributed by atoms with Crippen molar-refractivity contribution in [2.45, 2.75) is 51.7 Å². The second kappa shape index (κ2) is 6.51. The molecule has 2 aliphatic heterocycles. The number of rotatable bonds is 4. The van der Waals surface area contributed by atoms with Crippen molar-refractivity contribution in [3.05, 3.63) is 17.0 Å². The molecule has 0 aliphatic carbocycles. The molecule has 0 radical (unpaired) electrons. The maximum absolute atomic E-state index is 12.6. The summed E-state index contributed by atoms with van der Waals surface area (Å²) >= 11 is 0. The Morgan fingerprint density at radius 2 is 1.91 bits per heavy atom. The van der Waals surface area contributed by atoms with Gasteiger partial charge in [0, 0.05) is 38.0 Å². The van der Waals surface area contributed by atoms with E-state index in [0.29, 0.717) is 26.1 Å². The zero-order valence-corrected chi connectivity index (χ0v) is 14.9. The van der Waals surface area contributed by atoms with Crippen LogP contribution in [0.15, 0.2) is 0 Å². The Bertz CT molecular complexity index is 665. The summed E-state index contributed by atoms with van der Waals surface area (Å²) in [6.45, 7) is 5.72. The molecule has 23 heavy (non-hydrogen) atoms. The Kier molecular flexibility index (Phi) is 4.78. The highest BCUT2D eigenvalue weighted by molar-refractivity contribution is 7.87. The van der Waals surface area contributed by atoms with Gasteiger partial charge in [0.15, 0.2) is 0 Å².